The Balaban J connectivity index is 1.30. The minimum atomic E-state index is -0.103. The summed E-state index contributed by atoms with van der Waals surface area (Å²) in [5, 5.41) is 7.84. The molecular formula is C24H22ClN5OS. The summed E-state index contributed by atoms with van der Waals surface area (Å²) in [6.45, 7) is 1.65. The summed E-state index contributed by atoms with van der Waals surface area (Å²) >= 11 is 11.6. The molecule has 1 saturated heterocycles. The highest BCUT2D eigenvalue weighted by Gasteiger charge is 2.24. The lowest BCUT2D eigenvalue weighted by Crippen LogP contribution is -2.40. The first-order chi connectivity index (χ1) is 15.6. The Labute approximate surface area is 195 Å². The van der Waals surface area contributed by atoms with Gasteiger partial charge in [-0.2, -0.15) is 0 Å². The molecule has 0 unspecified atom stereocenters. The number of halogens is 1. The van der Waals surface area contributed by atoms with Crippen molar-refractivity contribution in [2.24, 2.45) is 0 Å². The smallest absolute Gasteiger partial charge is 0.272 e. The topological polar surface area (TPSA) is 65.4 Å². The van der Waals surface area contributed by atoms with E-state index in [4.69, 9.17) is 28.8 Å². The monoisotopic (exact) mass is 463 g/mol. The Kier molecular flexibility index (Phi) is 5.68. The SMILES string of the molecule is O=c1cc(C2CCN(C(=S)Nc3ccccc3)CC2)nc2cc(-c3ccc(Cl)cc3)[nH]n12. The van der Waals surface area contributed by atoms with Gasteiger partial charge in [-0.3, -0.25) is 9.89 Å². The highest BCUT2D eigenvalue weighted by Crippen LogP contribution is 2.27. The quantitative estimate of drug-likeness (QED) is 0.422. The summed E-state index contributed by atoms with van der Waals surface area (Å²) in [4.78, 5) is 19.7. The van der Waals surface area contributed by atoms with Crippen LogP contribution >= 0.6 is 23.8 Å². The van der Waals surface area contributed by atoms with Gasteiger partial charge in [0.05, 0.1) is 11.4 Å². The van der Waals surface area contributed by atoms with Gasteiger partial charge in [0.1, 0.15) is 0 Å². The van der Waals surface area contributed by atoms with Crippen LogP contribution in [0.4, 0.5) is 5.69 Å². The molecule has 0 radical (unpaired) electrons. The molecule has 32 heavy (non-hydrogen) atoms. The molecular weight excluding hydrogens is 442 g/mol. The van der Waals surface area contributed by atoms with Crippen LogP contribution in [0.15, 0.2) is 71.5 Å². The van der Waals surface area contributed by atoms with Gasteiger partial charge in [0.25, 0.3) is 5.56 Å². The van der Waals surface area contributed by atoms with Gasteiger partial charge in [0.15, 0.2) is 10.8 Å². The second-order valence-corrected chi connectivity index (χ2v) is 8.77. The fraction of sp³-hybridized carbons (Fsp3) is 0.208. The summed E-state index contributed by atoms with van der Waals surface area (Å²) in [5.41, 5.74) is 4.14. The van der Waals surface area contributed by atoms with Crippen LogP contribution in [-0.4, -0.2) is 37.7 Å². The summed E-state index contributed by atoms with van der Waals surface area (Å²) in [5.74, 6) is 0.234. The Bertz CT molecular complexity index is 1310. The number of likely N-dealkylation sites (tertiary alicyclic amines) is 1. The summed E-state index contributed by atoms with van der Waals surface area (Å²) in [6, 6.07) is 21.0. The van der Waals surface area contributed by atoms with Crippen LogP contribution in [0.3, 0.4) is 0 Å². The lowest BCUT2D eigenvalue weighted by molar-refractivity contribution is 0.314. The van der Waals surface area contributed by atoms with Crippen molar-refractivity contribution in [3.8, 4) is 11.3 Å². The van der Waals surface area contributed by atoms with Gasteiger partial charge >= 0.3 is 0 Å². The molecule has 0 aliphatic carbocycles. The van der Waals surface area contributed by atoms with Gasteiger partial charge < -0.3 is 10.2 Å². The van der Waals surface area contributed by atoms with Crippen LogP contribution in [0.1, 0.15) is 24.5 Å². The predicted octanol–water partition coefficient (Wildman–Crippen LogP) is 4.92. The van der Waals surface area contributed by atoms with Crippen LogP contribution < -0.4 is 10.9 Å². The fourth-order valence-corrected chi connectivity index (χ4v) is 4.52. The molecule has 8 heteroatoms. The first kappa shape index (κ1) is 20.7. The number of nitrogens with zero attached hydrogens (tertiary/aromatic N) is 3. The Morgan fingerprint density at radius 2 is 1.78 bits per heavy atom. The van der Waals surface area contributed by atoms with E-state index in [1.165, 1.54) is 4.52 Å². The van der Waals surface area contributed by atoms with Gasteiger partial charge in [-0.1, -0.05) is 41.9 Å². The fourth-order valence-electron chi connectivity index (χ4n) is 4.10. The van der Waals surface area contributed by atoms with E-state index < -0.39 is 0 Å². The van der Waals surface area contributed by atoms with E-state index in [1.807, 2.05) is 60.7 Å². The van der Waals surface area contributed by atoms with Crippen molar-refractivity contribution in [2.75, 3.05) is 18.4 Å². The van der Waals surface area contributed by atoms with Crippen LogP contribution in [0.2, 0.25) is 5.02 Å². The number of aromatic nitrogens is 3. The number of H-pyrrole nitrogens is 1. The lowest BCUT2D eigenvalue weighted by Gasteiger charge is -2.33. The molecule has 3 heterocycles. The zero-order valence-electron chi connectivity index (χ0n) is 17.3. The Morgan fingerprint density at radius 3 is 2.50 bits per heavy atom. The third-order valence-electron chi connectivity index (χ3n) is 5.85. The Hall–Kier alpha value is -3.16. The second kappa shape index (κ2) is 8.76. The van der Waals surface area contributed by atoms with Crippen LogP contribution in [0.5, 0.6) is 0 Å². The molecule has 2 N–H and O–H groups in total. The number of piperidine rings is 1. The van der Waals surface area contributed by atoms with Crippen molar-refractivity contribution in [3.63, 3.8) is 0 Å². The van der Waals surface area contributed by atoms with Crippen molar-refractivity contribution in [1.82, 2.24) is 19.5 Å². The second-order valence-electron chi connectivity index (χ2n) is 7.95. The van der Waals surface area contributed by atoms with Crippen molar-refractivity contribution in [1.29, 1.82) is 0 Å². The van der Waals surface area contributed by atoms with E-state index in [0.29, 0.717) is 10.7 Å². The molecule has 0 bridgehead atoms. The number of nitrogens with one attached hydrogen (secondary N) is 2. The van der Waals surface area contributed by atoms with E-state index in [9.17, 15) is 4.79 Å². The third-order valence-corrected chi connectivity index (χ3v) is 6.46. The largest absolute Gasteiger partial charge is 0.349 e. The molecule has 5 rings (SSSR count). The zero-order valence-corrected chi connectivity index (χ0v) is 18.9. The van der Waals surface area contributed by atoms with Crippen molar-refractivity contribution in [2.45, 2.75) is 18.8 Å². The van der Waals surface area contributed by atoms with Gasteiger partial charge in [0, 0.05) is 41.9 Å². The molecule has 1 aliphatic heterocycles. The molecule has 0 saturated carbocycles. The maximum atomic E-state index is 12.7. The first-order valence-corrected chi connectivity index (χ1v) is 11.3. The van der Waals surface area contributed by atoms with Gasteiger partial charge in [0.2, 0.25) is 0 Å². The number of aromatic amines is 1. The molecule has 1 aliphatic rings. The predicted molar refractivity (Wildman–Crippen MR) is 132 cm³/mol. The minimum absolute atomic E-state index is 0.103. The van der Waals surface area contributed by atoms with Gasteiger partial charge in [-0.05, 0) is 54.9 Å². The van der Waals surface area contributed by atoms with E-state index >= 15 is 0 Å². The van der Waals surface area contributed by atoms with Crippen LogP contribution in [0, 0.1) is 0 Å². The van der Waals surface area contributed by atoms with Crippen molar-refractivity contribution in [3.05, 3.63) is 87.8 Å². The number of benzene rings is 2. The third kappa shape index (κ3) is 4.26. The van der Waals surface area contributed by atoms with Crippen LogP contribution in [-0.2, 0) is 0 Å². The number of fused-ring (bicyclic) bond motifs is 1. The number of anilines is 1. The zero-order chi connectivity index (χ0) is 22.1. The highest BCUT2D eigenvalue weighted by atomic mass is 35.5. The number of hydrogen-bond donors (Lipinski definition) is 2. The molecule has 2 aromatic carbocycles. The number of rotatable bonds is 3. The number of para-hydroxylation sites is 1. The van der Waals surface area contributed by atoms with E-state index in [2.05, 4.69) is 15.3 Å². The minimum Gasteiger partial charge on any atom is -0.349 e. The van der Waals surface area contributed by atoms with Crippen molar-refractivity contribution >= 4 is 40.3 Å². The Morgan fingerprint density at radius 1 is 1.06 bits per heavy atom. The summed E-state index contributed by atoms with van der Waals surface area (Å²) < 4.78 is 1.49. The lowest BCUT2D eigenvalue weighted by atomic mass is 9.93. The molecule has 1 fully saturated rings. The van der Waals surface area contributed by atoms with Crippen molar-refractivity contribution < 1.29 is 0 Å². The average molecular weight is 464 g/mol. The maximum Gasteiger partial charge on any atom is 0.272 e. The van der Waals surface area contributed by atoms with Gasteiger partial charge in [-0.15, -0.1) is 0 Å². The average Bonchev–Trinajstić information content (AvgIpc) is 3.25. The molecule has 0 atom stereocenters. The number of hydrogen-bond acceptors (Lipinski definition) is 3. The van der Waals surface area contributed by atoms with E-state index in [1.54, 1.807) is 6.07 Å². The molecule has 4 aromatic rings. The molecule has 2 aromatic heterocycles. The van der Waals surface area contributed by atoms with E-state index in [-0.39, 0.29) is 11.5 Å². The standard InChI is InChI=1S/C24H22ClN5OS/c25-18-8-6-16(7-9-18)21-14-22-27-20(15-23(31)30(22)28-21)17-10-12-29(13-11-17)24(32)26-19-4-2-1-3-5-19/h1-9,14-15,17,28H,10-13H2,(H,26,32). The van der Waals surface area contributed by atoms with Gasteiger partial charge in [-0.25, -0.2) is 9.50 Å². The van der Waals surface area contributed by atoms with E-state index in [0.717, 1.165) is 53.7 Å². The number of thiocarbonyl (C=S) groups is 1. The molecule has 162 valence electrons. The normalized spacial score (nSPS) is 14.6. The summed E-state index contributed by atoms with van der Waals surface area (Å²) in [7, 11) is 0. The first-order valence-electron chi connectivity index (χ1n) is 10.6. The molecule has 6 nitrogen and oxygen atoms in total. The molecule has 0 spiro atoms. The maximum absolute atomic E-state index is 12.7. The highest BCUT2D eigenvalue weighted by molar-refractivity contribution is 7.80. The molecule has 0 amide bonds. The van der Waals surface area contributed by atoms with Crippen LogP contribution in [0.25, 0.3) is 16.9 Å². The summed E-state index contributed by atoms with van der Waals surface area (Å²) in [6.07, 6.45) is 1.79.